The number of aromatic nitrogens is 2. The van der Waals surface area contributed by atoms with Gasteiger partial charge in [0.05, 0.1) is 4.92 Å². The second kappa shape index (κ2) is 13.9. The van der Waals surface area contributed by atoms with Crippen LogP contribution in [0.25, 0.3) is 0 Å². The predicted octanol–water partition coefficient (Wildman–Crippen LogP) is 2.54. The number of pyridine rings is 2. The van der Waals surface area contributed by atoms with Gasteiger partial charge in [-0.3, -0.25) is 10.1 Å². The quantitative estimate of drug-likeness (QED) is 0.283. The highest BCUT2D eigenvalue weighted by molar-refractivity contribution is 6.29. The van der Waals surface area contributed by atoms with Gasteiger partial charge in [0.25, 0.3) is 12.2 Å². The van der Waals surface area contributed by atoms with E-state index < -0.39 is 9.96 Å². The summed E-state index contributed by atoms with van der Waals surface area (Å²) in [5.41, 5.74) is 1.86. The van der Waals surface area contributed by atoms with Crippen LogP contribution in [0.3, 0.4) is 0 Å². The zero-order chi connectivity index (χ0) is 25.8. The van der Waals surface area contributed by atoms with E-state index in [9.17, 15) is 20.2 Å². The van der Waals surface area contributed by atoms with Crippen LogP contribution in [0.15, 0.2) is 53.8 Å². The normalized spacial score (nSPS) is 14.1. The van der Waals surface area contributed by atoms with E-state index in [4.69, 9.17) is 23.2 Å². The zero-order valence-electron chi connectivity index (χ0n) is 19.1. The monoisotopic (exact) mass is 525 g/mol. The lowest BCUT2D eigenvalue weighted by molar-refractivity contribution is -0.485. The van der Waals surface area contributed by atoms with Crippen molar-refractivity contribution >= 4 is 29.2 Å². The van der Waals surface area contributed by atoms with Crippen LogP contribution in [0.4, 0.5) is 0 Å². The molecule has 0 radical (unpaired) electrons. The number of hydrazone groups is 1. The Labute approximate surface area is 211 Å². The molecule has 1 aliphatic rings. The third-order valence-corrected chi connectivity index (χ3v) is 5.12. The molecule has 2 aromatic rings. The standard InChI is InChI=1S/C11H15ClN4O2.C9H10ClN5O2/c1-3-15(11(13-2)8-16(17)18)7-9-4-5-10(12)14-6-9;10-8-2-1-7(5-12-8)6-14-4-3-11-9(14)13-15(16)17/h4-6,8,13H,3,7H2,1-2H3;1-2,5H,3-4,6H2,(H,11,13)/b11-8+;. The highest BCUT2D eigenvalue weighted by Gasteiger charge is 2.21. The topological polar surface area (TPSA) is 155 Å². The smallest absolute Gasteiger partial charge is 0.274 e. The maximum absolute atomic E-state index is 10.5. The first-order valence-electron chi connectivity index (χ1n) is 10.4. The number of hydrogen-bond acceptors (Lipinski definition) is 8. The van der Waals surface area contributed by atoms with Crippen LogP contribution in [0.5, 0.6) is 0 Å². The zero-order valence-corrected chi connectivity index (χ0v) is 20.6. The van der Waals surface area contributed by atoms with Gasteiger partial charge in [0.15, 0.2) is 10.9 Å². The first-order chi connectivity index (χ1) is 16.7. The van der Waals surface area contributed by atoms with E-state index in [2.05, 4.69) is 25.7 Å². The number of nitrogens with zero attached hydrogens (tertiary/aromatic N) is 7. The molecule has 3 heterocycles. The predicted molar refractivity (Wildman–Crippen MR) is 132 cm³/mol. The summed E-state index contributed by atoms with van der Waals surface area (Å²) in [5.74, 6) is 0.738. The summed E-state index contributed by atoms with van der Waals surface area (Å²) in [4.78, 5) is 31.9. The number of guanidine groups is 1. The second-order valence-electron chi connectivity index (χ2n) is 7.05. The molecule has 13 nitrogen and oxygen atoms in total. The molecule has 35 heavy (non-hydrogen) atoms. The first-order valence-corrected chi connectivity index (χ1v) is 11.2. The third kappa shape index (κ3) is 9.59. The van der Waals surface area contributed by atoms with Crippen molar-refractivity contribution in [1.82, 2.24) is 30.4 Å². The summed E-state index contributed by atoms with van der Waals surface area (Å²) < 4.78 is 0. The highest BCUT2D eigenvalue weighted by Crippen LogP contribution is 2.11. The van der Waals surface area contributed by atoms with Crippen molar-refractivity contribution in [1.29, 1.82) is 0 Å². The van der Waals surface area contributed by atoms with Crippen LogP contribution in [0.1, 0.15) is 18.1 Å². The van der Waals surface area contributed by atoms with Crippen molar-refractivity contribution in [2.24, 2.45) is 5.10 Å². The molecule has 2 N–H and O–H groups in total. The van der Waals surface area contributed by atoms with Gasteiger partial charge in [-0.1, -0.05) is 35.3 Å². The van der Waals surface area contributed by atoms with Crippen molar-refractivity contribution in [3.8, 4) is 0 Å². The number of rotatable bonds is 9. The van der Waals surface area contributed by atoms with E-state index in [0.29, 0.717) is 48.9 Å². The average Bonchev–Trinajstić information content (AvgIpc) is 3.24. The molecule has 188 valence electrons. The lowest BCUT2D eigenvalue weighted by atomic mass is 10.2. The lowest BCUT2D eigenvalue weighted by Crippen LogP contribution is -2.30. The van der Waals surface area contributed by atoms with Crippen LogP contribution >= 0.6 is 23.2 Å². The van der Waals surface area contributed by atoms with Crippen LogP contribution < -0.4 is 10.6 Å². The fraction of sp³-hybridized carbons (Fsp3) is 0.350. The van der Waals surface area contributed by atoms with Gasteiger partial charge in [0, 0.05) is 52.2 Å². The Morgan fingerprint density at radius 1 is 1.20 bits per heavy atom. The van der Waals surface area contributed by atoms with Gasteiger partial charge in [0.1, 0.15) is 15.4 Å². The fourth-order valence-corrected chi connectivity index (χ4v) is 3.29. The summed E-state index contributed by atoms with van der Waals surface area (Å²) in [5, 5.41) is 29.9. The number of hydrogen-bond donors (Lipinski definition) is 2. The highest BCUT2D eigenvalue weighted by atomic mass is 35.5. The summed E-state index contributed by atoms with van der Waals surface area (Å²) in [6.07, 6.45) is 4.25. The van der Waals surface area contributed by atoms with Crippen LogP contribution in [-0.2, 0) is 13.1 Å². The van der Waals surface area contributed by atoms with E-state index >= 15 is 0 Å². The molecule has 0 amide bonds. The van der Waals surface area contributed by atoms with Crippen LogP contribution in [0, 0.1) is 20.2 Å². The first kappa shape index (κ1) is 27.5. The van der Waals surface area contributed by atoms with Crippen LogP contribution in [-0.4, -0.2) is 62.4 Å². The maximum atomic E-state index is 10.5. The number of nitrogens with one attached hydrogen (secondary N) is 2. The van der Waals surface area contributed by atoms with E-state index in [-0.39, 0.29) is 5.96 Å². The molecule has 1 fully saturated rings. The molecule has 1 aliphatic heterocycles. The minimum atomic E-state index is -0.708. The average molecular weight is 526 g/mol. The van der Waals surface area contributed by atoms with Gasteiger partial charge in [0.2, 0.25) is 0 Å². The van der Waals surface area contributed by atoms with Crippen molar-refractivity contribution in [3.05, 3.63) is 90.3 Å². The van der Waals surface area contributed by atoms with E-state index in [1.807, 2.05) is 24.0 Å². The molecule has 0 aromatic carbocycles. The molecule has 3 rings (SSSR count). The molecular weight excluding hydrogens is 501 g/mol. The summed E-state index contributed by atoms with van der Waals surface area (Å²) in [6, 6.07) is 7.06. The molecule has 0 unspecified atom stereocenters. The Kier molecular flexibility index (Phi) is 10.9. The molecule has 0 saturated carbocycles. The SMILES string of the molecule is CCN(Cc1ccc(Cl)nc1)/C(=C/[N+](=O)[O-])NC.O=[N+]([O-])/N=C1\NCCN1Cc1ccc(Cl)nc1. The second-order valence-corrected chi connectivity index (χ2v) is 7.83. The minimum Gasteiger partial charge on any atom is -0.370 e. The van der Waals surface area contributed by atoms with Gasteiger partial charge in [-0.05, 0) is 30.2 Å². The number of halogens is 2. The summed E-state index contributed by atoms with van der Waals surface area (Å²) >= 11 is 11.4. The number of nitro groups is 2. The Hall–Kier alpha value is -3.71. The Bertz CT molecular complexity index is 1050. The van der Waals surface area contributed by atoms with Crippen molar-refractivity contribution in [3.63, 3.8) is 0 Å². The van der Waals surface area contributed by atoms with Crippen molar-refractivity contribution < 1.29 is 9.96 Å². The van der Waals surface area contributed by atoms with Crippen molar-refractivity contribution in [2.45, 2.75) is 20.0 Å². The largest absolute Gasteiger partial charge is 0.370 e. The lowest BCUT2D eigenvalue weighted by Gasteiger charge is -2.23. The van der Waals surface area contributed by atoms with Gasteiger partial charge in [-0.25, -0.2) is 20.1 Å². The van der Waals surface area contributed by atoms with Gasteiger partial charge >= 0.3 is 0 Å². The van der Waals surface area contributed by atoms with Gasteiger partial charge < -0.3 is 20.4 Å². The summed E-state index contributed by atoms with van der Waals surface area (Å²) in [7, 11) is 1.65. The maximum Gasteiger partial charge on any atom is 0.274 e. The molecule has 15 heteroatoms. The Balaban J connectivity index is 0.000000247. The fourth-order valence-electron chi connectivity index (χ4n) is 3.06. The van der Waals surface area contributed by atoms with Crippen molar-refractivity contribution in [2.75, 3.05) is 26.7 Å². The van der Waals surface area contributed by atoms with E-state index in [0.717, 1.165) is 17.3 Å². The van der Waals surface area contributed by atoms with Crippen LogP contribution in [0.2, 0.25) is 10.3 Å². The molecule has 1 saturated heterocycles. The molecule has 0 atom stereocenters. The molecular formula is C20H25Cl2N9O4. The minimum absolute atomic E-state index is 0.282. The summed E-state index contributed by atoms with van der Waals surface area (Å²) in [6.45, 7) is 4.94. The Morgan fingerprint density at radius 3 is 2.31 bits per heavy atom. The van der Waals surface area contributed by atoms with Gasteiger partial charge in [-0.2, -0.15) is 0 Å². The molecule has 0 aliphatic carbocycles. The Morgan fingerprint density at radius 2 is 1.83 bits per heavy atom. The molecule has 0 spiro atoms. The third-order valence-electron chi connectivity index (χ3n) is 4.67. The van der Waals surface area contributed by atoms with E-state index in [1.54, 1.807) is 36.5 Å². The van der Waals surface area contributed by atoms with E-state index in [1.165, 1.54) is 0 Å². The molecule has 2 aromatic heterocycles. The van der Waals surface area contributed by atoms with Gasteiger partial charge in [-0.15, -0.1) is 0 Å². The molecule has 0 bridgehead atoms.